The molecule has 0 N–H and O–H groups in total. The van der Waals surface area contributed by atoms with Crippen molar-refractivity contribution in [2.24, 2.45) is 0 Å². The van der Waals surface area contributed by atoms with Gasteiger partial charge in [-0.1, -0.05) is 12.1 Å². The number of hydrogen-bond donors (Lipinski definition) is 0. The van der Waals surface area contributed by atoms with Gasteiger partial charge in [0.2, 0.25) is 5.76 Å². The second-order valence-corrected chi connectivity index (χ2v) is 4.65. The lowest BCUT2D eigenvalue weighted by Gasteiger charge is -2.15. The van der Waals surface area contributed by atoms with Gasteiger partial charge in [0.15, 0.2) is 6.10 Å². The first-order valence-corrected chi connectivity index (χ1v) is 6.44. The molecule has 0 saturated heterocycles. The number of rotatable bonds is 4. The number of furan rings is 1. The molecular formula is C16H18O4. The fourth-order valence-corrected chi connectivity index (χ4v) is 1.88. The van der Waals surface area contributed by atoms with Gasteiger partial charge in [-0.25, -0.2) is 4.79 Å². The number of methoxy groups -OCH3 is 1. The van der Waals surface area contributed by atoms with E-state index in [1.165, 1.54) is 12.7 Å². The van der Waals surface area contributed by atoms with Crippen LogP contribution in [0, 0.1) is 13.8 Å². The summed E-state index contributed by atoms with van der Waals surface area (Å²) in [5.74, 6) is 1.09. The van der Waals surface area contributed by atoms with Gasteiger partial charge in [0.25, 0.3) is 0 Å². The summed E-state index contributed by atoms with van der Waals surface area (Å²) in [5, 5.41) is 0. The van der Waals surface area contributed by atoms with Gasteiger partial charge in [0.1, 0.15) is 11.5 Å². The van der Waals surface area contributed by atoms with Gasteiger partial charge in [-0.2, -0.15) is 0 Å². The van der Waals surface area contributed by atoms with Crippen LogP contribution in [0.2, 0.25) is 0 Å². The van der Waals surface area contributed by atoms with E-state index in [-0.39, 0.29) is 11.9 Å². The third-order valence-corrected chi connectivity index (χ3v) is 3.27. The molecule has 20 heavy (non-hydrogen) atoms. The molecule has 0 aliphatic heterocycles. The molecule has 1 heterocycles. The van der Waals surface area contributed by atoms with Gasteiger partial charge in [-0.15, -0.1) is 0 Å². The van der Waals surface area contributed by atoms with Crippen molar-refractivity contribution in [1.82, 2.24) is 0 Å². The quantitative estimate of drug-likeness (QED) is 0.795. The maximum Gasteiger partial charge on any atom is 0.373 e. The van der Waals surface area contributed by atoms with E-state index in [2.05, 4.69) is 4.74 Å². The van der Waals surface area contributed by atoms with Crippen molar-refractivity contribution in [2.45, 2.75) is 26.9 Å². The van der Waals surface area contributed by atoms with E-state index in [1.54, 1.807) is 12.1 Å². The molecule has 4 heteroatoms. The number of aryl methyl sites for hydroxylation is 1. The molecule has 0 spiro atoms. The van der Waals surface area contributed by atoms with Crippen LogP contribution >= 0.6 is 0 Å². The molecule has 106 valence electrons. The molecule has 2 aromatic rings. The second kappa shape index (κ2) is 5.82. The maximum atomic E-state index is 11.3. The lowest BCUT2D eigenvalue weighted by atomic mass is 10.1. The smallest absolute Gasteiger partial charge is 0.373 e. The lowest BCUT2D eigenvalue weighted by Crippen LogP contribution is -2.04. The summed E-state index contributed by atoms with van der Waals surface area (Å²) < 4.78 is 15.9. The SMILES string of the molecule is COC(=O)c1ccc(C(C)Oc2cccc(C)c2C)o1. The second-order valence-electron chi connectivity index (χ2n) is 4.65. The van der Waals surface area contributed by atoms with Crippen LogP contribution < -0.4 is 4.74 Å². The highest BCUT2D eigenvalue weighted by atomic mass is 16.5. The third-order valence-electron chi connectivity index (χ3n) is 3.27. The molecule has 1 aromatic heterocycles. The molecule has 0 aliphatic rings. The summed E-state index contributed by atoms with van der Waals surface area (Å²) in [4.78, 5) is 11.3. The van der Waals surface area contributed by atoms with Crippen LogP contribution in [0.4, 0.5) is 0 Å². The largest absolute Gasteiger partial charge is 0.483 e. The minimum atomic E-state index is -0.491. The summed E-state index contributed by atoms with van der Waals surface area (Å²) in [7, 11) is 1.32. The summed E-state index contributed by atoms with van der Waals surface area (Å²) in [6, 6.07) is 9.22. The fraction of sp³-hybridized carbons (Fsp3) is 0.312. The average Bonchev–Trinajstić information content (AvgIpc) is 2.93. The van der Waals surface area contributed by atoms with E-state index in [0.717, 1.165) is 11.3 Å². The van der Waals surface area contributed by atoms with Gasteiger partial charge in [-0.3, -0.25) is 0 Å². The van der Waals surface area contributed by atoms with Gasteiger partial charge in [0.05, 0.1) is 7.11 Å². The number of esters is 1. The third kappa shape index (κ3) is 2.85. The Labute approximate surface area is 118 Å². The Hall–Kier alpha value is -2.23. The minimum Gasteiger partial charge on any atom is -0.483 e. The predicted octanol–water partition coefficient (Wildman–Crippen LogP) is 3.82. The molecule has 1 atom stereocenters. The highest BCUT2D eigenvalue weighted by molar-refractivity contribution is 5.86. The van der Waals surface area contributed by atoms with Crippen molar-refractivity contribution >= 4 is 5.97 Å². The highest BCUT2D eigenvalue weighted by Gasteiger charge is 2.17. The molecular weight excluding hydrogens is 256 g/mol. The van der Waals surface area contributed by atoms with Crippen LogP contribution in [0.5, 0.6) is 5.75 Å². The average molecular weight is 274 g/mol. The number of carbonyl (C=O) groups is 1. The fourth-order valence-electron chi connectivity index (χ4n) is 1.88. The molecule has 0 radical (unpaired) electrons. The monoisotopic (exact) mass is 274 g/mol. The summed E-state index contributed by atoms with van der Waals surface area (Å²) >= 11 is 0. The van der Waals surface area contributed by atoms with Gasteiger partial charge in [-0.05, 0) is 50.1 Å². The zero-order chi connectivity index (χ0) is 14.7. The Morgan fingerprint density at radius 3 is 2.65 bits per heavy atom. The van der Waals surface area contributed by atoms with E-state index < -0.39 is 5.97 Å². The van der Waals surface area contributed by atoms with Crippen LogP contribution in [-0.2, 0) is 4.74 Å². The van der Waals surface area contributed by atoms with Gasteiger partial charge < -0.3 is 13.9 Å². The first kappa shape index (κ1) is 14.2. The molecule has 0 aliphatic carbocycles. The summed E-state index contributed by atoms with van der Waals surface area (Å²) in [6.45, 7) is 5.93. The van der Waals surface area contributed by atoms with Gasteiger partial charge in [0, 0.05) is 0 Å². The Bertz CT molecular complexity index is 613. The molecule has 0 saturated carbocycles. The normalized spacial score (nSPS) is 12.0. The number of carbonyl (C=O) groups excluding carboxylic acids is 1. The Balaban J connectivity index is 2.16. The van der Waals surface area contributed by atoms with E-state index in [0.29, 0.717) is 5.76 Å². The Morgan fingerprint density at radius 2 is 1.95 bits per heavy atom. The van der Waals surface area contributed by atoms with Crippen molar-refractivity contribution < 1.29 is 18.7 Å². The zero-order valence-electron chi connectivity index (χ0n) is 12.1. The maximum absolute atomic E-state index is 11.3. The van der Waals surface area contributed by atoms with Crippen LogP contribution in [0.25, 0.3) is 0 Å². The first-order valence-electron chi connectivity index (χ1n) is 6.44. The van der Waals surface area contributed by atoms with Crippen molar-refractivity contribution in [3.05, 3.63) is 53.0 Å². The molecule has 2 rings (SSSR count). The minimum absolute atomic E-state index is 0.180. The van der Waals surface area contributed by atoms with Crippen LogP contribution in [-0.4, -0.2) is 13.1 Å². The summed E-state index contributed by atoms with van der Waals surface area (Å²) in [5.41, 5.74) is 2.27. The highest BCUT2D eigenvalue weighted by Crippen LogP contribution is 2.27. The van der Waals surface area contributed by atoms with E-state index in [4.69, 9.17) is 9.15 Å². The Morgan fingerprint density at radius 1 is 1.20 bits per heavy atom. The van der Waals surface area contributed by atoms with E-state index in [1.807, 2.05) is 39.0 Å². The van der Waals surface area contributed by atoms with Crippen molar-refractivity contribution in [2.75, 3.05) is 7.11 Å². The van der Waals surface area contributed by atoms with Crippen molar-refractivity contribution in [3.8, 4) is 5.75 Å². The first-order chi connectivity index (χ1) is 9.52. The van der Waals surface area contributed by atoms with E-state index in [9.17, 15) is 4.79 Å². The number of ether oxygens (including phenoxy) is 2. The molecule has 4 nitrogen and oxygen atoms in total. The van der Waals surface area contributed by atoms with E-state index >= 15 is 0 Å². The summed E-state index contributed by atoms with van der Waals surface area (Å²) in [6.07, 6.45) is -0.283. The van der Waals surface area contributed by atoms with Crippen LogP contribution in [0.1, 0.15) is 40.5 Å². The molecule has 1 aromatic carbocycles. The molecule has 1 unspecified atom stereocenters. The van der Waals surface area contributed by atoms with Gasteiger partial charge >= 0.3 is 5.97 Å². The predicted molar refractivity (Wildman–Crippen MR) is 75.0 cm³/mol. The number of hydrogen-bond acceptors (Lipinski definition) is 4. The van der Waals surface area contributed by atoms with Crippen molar-refractivity contribution in [3.63, 3.8) is 0 Å². The molecule has 0 amide bonds. The Kier molecular flexibility index (Phi) is 4.13. The van der Waals surface area contributed by atoms with Crippen molar-refractivity contribution in [1.29, 1.82) is 0 Å². The van der Waals surface area contributed by atoms with Crippen LogP contribution in [0.15, 0.2) is 34.7 Å². The zero-order valence-corrected chi connectivity index (χ0v) is 12.1. The molecule has 0 bridgehead atoms. The number of benzene rings is 1. The standard InChI is InChI=1S/C16H18O4/c1-10-6-5-7-13(11(10)2)19-12(3)14-8-9-15(20-14)16(17)18-4/h5-9,12H,1-4H3. The topological polar surface area (TPSA) is 48.7 Å². The van der Waals surface area contributed by atoms with Crippen LogP contribution in [0.3, 0.4) is 0 Å². The lowest BCUT2D eigenvalue weighted by molar-refractivity contribution is 0.0558. The molecule has 0 fully saturated rings.